The summed E-state index contributed by atoms with van der Waals surface area (Å²) in [5, 5.41) is 14.7. The summed E-state index contributed by atoms with van der Waals surface area (Å²) in [5.74, 6) is 1.63. The number of ether oxygens (including phenoxy) is 3. The highest BCUT2D eigenvalue weighted by Gasteiger charge is 2.22. The van der Waals surface area contributed by atoms with Crippen LogP contribution in [0.4, 0.5) is 11.5 Å². The third kappa shape index (κ3) is 2.18. The van der Waals surface area contributed by atoms with Crippen LogP contribution in [0.5, 0.6) is 17.2 Å². The quantitative estimate of drug-likeness (QED) is 0.664. The van der Waals surface area contributed by atoms with E-state index in [9.17, 15) is 10.1 Å². The van der Waals surface area contributed by atoms with Gasteiger partial charge in [0.15, 0.2) is 11.5 Å². The van der Waals surface area contributed by atoms with E-state index in [0.29, 0.717) is 17.2 Å². The molecule has 0 aliphatic carbocycles. The third-order valence-electron chi connectivity index (χ3n) is 3.11. The van der Waals surface area contributed by atoms with Gasteiger partial charge in [-0.1, -0.05) is 0 Å². The molecule has 2 N–H and O–H groups in total. The van der Waals surface area contributed by atoms with Crippen molar-refractivity contribution >= 4 is 11.5 Å². The lowest BCUT2D eigenvalue weighted by Gasteiger charge is -2.09. The van der Waals surface area contributed by atoms with Gasteiger partial charge in [0.25, 0.3) is 0 Å². The number of fused-ring (bicyclic) bond motifs is 1. The second kappa shape index (κ2) is 4.85. The monoisotopic (exact) mass is 292 g/mol. The van der Waals surface area contributed by atoms with Crippen LogP contribution in [0, 0.1) is 10.1 Å². The van der Waals surface area contributed by atoms with Gasteiger partial charge in [0.2, 0.25) is 18.4 Å². The van der Waals surface area contributed by atoms with Gasteiger partial charge in [0.05, 0.1) is 18.6 Å². The molecule has 0 bridgehead atoms. The van der Waals surface area contributed by atoms with Gasteiger partial charge in [-0.2, -0.15) is 5.10 Å². The topological polar surface area (TPSA) is 115 Å². The second-order valence-electron chi connectivity index (χ2n) is 4.36. The van der Waals surface area contributed by atoms with Gasteiger partial charge in [-0.25, -0.2) is 4.68 Å². The number of benzene rings is 1. The van der Waals surface area contributed by atoms with Crippen molar-refractivity contribution in [1.82, 2.24) is 9.78 Å². The number of hydrogen-bond donors (Lipinski definition) is 1. The van der Waals surface area contributed by atoms with Crippen molar-refractivity contribution in [2.75, 3.05) is 19.6 Å². The van der Waals surface area contributed by atoms with Crippen LogP contribution in [0.25, 0.3) is 0 Å². The molecule has 0 fully saturated rings. The first kappa shape index (κ1) is 13.0. The van der Waals surface area contributed by atoms with E-state index < -0.39 is 4.92 Å². The molecule has 0 saturated heterocycles. The average Bonchev–Trinajstić information content (AvgIpc) is 3.05. The van der Waals surface area contributed by atoms with Gasteiger partial charge >= 0.3 is 5.69 Å². The van der Waals surface area contributed by atoms with Crippen LogP contribution in [-0.4, -0.2) is 28.6 Å². The molecule has 1 aliphatic rings. The van der Waals surface area contributed by atoms with Crippen LogP contribution in [0.3, 0.4) is 0 Å². The van der Waals surface area contributed by atoms with E-state index in [1.165, 1.54) is 11.8 Å². The standard InChI is InChI=1S/C12H12N4O5/c1-19-9-2-7(3-10-11(9)21-6-20-10)5-15-12(13)8(4-14-15)16(17)18/h2-4H,5-6,13H2,1H3. The highest BCUT2D eigenvalue weighted by molar-refractivity contribution is 5.56. The third-order valence-corrected chi connectivity index (χ3v) is 3.11. The Morgan fingerprint density at radius 3 is 3.00 bits per heavy atom. The molecule has 0 radical (unpaired) electrons. The number of nitrogens with two attached hydrogens (primary N) is 1. The first-order valence-corrected chi connectivity index (χ1v) is 6.02. The van der Waals surface area contributed by atoms with Crippen LogP contribution in [0.15, 0.2) is 18.3 Å². The molecule has 0 amide bonds. The maximum atomic E-state index is 10.8. The predicted molar refractivity (Wildman–Crippen MR) is 71.5 cm³/mol. The summed E-state index contributed by atoms with van der Waals surface area (Å²) in [5.41, 5.74) is 6.27. The number of nitrogens with zero attached hydrogens (tertiary/aromatic N) is 3. The summed E-state index contributed by atoms with van der Waals surface area (Å²) in [6.45, 7) is 0.386. The van der Waals surface area contributed by atoms with Crippen molar-refractivity contribution < 1.29 is 19.1 Å². The maximum absolute atomic E-state index is 10.8. The van der Waals surface area contributed by atoms with Crippen molar-refractivity contribution in [3.63, 3.8) is 0 Å². The highest BCUT2D eigenvalue weighted by Crippen LogP contribution is 2.42. The highest BCUT2D eigenvalue weighted by atomic mass is 16.7. The molecule has 2 aromatic rings. The summed E-state index contributed by atoms with van der Waals surface area (Å²) >= 11 is 0. The van der Waals surface area contributed by atoms with Crippen molar-refractivity contribution in [1.29, 1.82) is 0 Å². The number of nitro groups is 1. The van der Waals surface area contributed by atoms with Gasteiger partial charge in [-0.15, -0.1) is 0 Å². The molecule has 9 nitrogen and oxygen atoms in total. The van der Waals surface area contributed by atoms with Gasteiger partial charge in [-0.05, 0) is 17.7 Å². The summed E-state index contributed by atoms with van der Waals surface area (Å²) in [6.07, 6.45) is 1.12. The molecule has 1 aliphatic heterocycles. The fourth-order valence-corrected chi connectivity index (χ4v) is 2.10. The summed E-state index contributed by atoms with van der Waals surface area (Å²) in [7, 11) is 1.52. The van der Waals surface area contributed by atoms with E-state index in [0.717, 1.165) is 11.8 Å². The van der Waals surface area contributed by atoms with Crippen LogP contribution < -0.4 is 19.9 Å². The molecule has 21 heavy (non-hydrogen) atoms. The van der Waals surface area contributed by atoms with Crippen molar-refractivity contribution in [3.8, 4) is 17.2 Å². The Kier molecular flexibility index (Phi) is 3.01. The van der Waals surface area contributed by atoms with Crippen LogP contribution >= 0.6 is 0 Å². The SMILES string of the molecule is COc1cc(Cn2ncc([N+](=O)[O-])c2N)cc2c1OCO2. The maximum Gasteiger partial charge on any atom is 0.330 e. The Balaban J connectivity index is 1.94. The van der Waals surface area contributed by atoms with E-state index in [1.54, 1.807) is 12.1 Å². The number of aromatic nitrogens is 2. The van der Waals surface area contributed by atoms with Crippen LogP contribution in [0.1, 0.15) is 5.56 Å². The fraction of sp³-hybridized carbons (Fsp3) is 0.250. The molecule has 0 spiro atoms. The molecule has 0 atom stereocenters. The van der Waals surface area contributed by atoms with E-state index >= 15 is 0 Å². The number of hydrogen-bond acceptors (Lipinski definition) is 7. The van der Waals surface area contributed by atoms with E-state index in [-0.39, 0.29) is 24.8 Å². The minimum absolute atomic E-state index is 0.00312. The molecular weight excluding hydrogens is 280 g/mol. The van der Waals surface area contributed by atoms with Gasteiger partial charge < -0.3 is 19.9 Å². The van der Waals surface area contributed by atoms with E-state index in [2.05, 4.69) is 5.10 Å². The minimum atomic E-state index is -0.570. The number of rotatable bonds is 4. The van der Waals surface area contributed by atoms with Crippen LogP contribution in [-0.2, 0) is 6.54 Å². The van der Waals surface area contributed by atoms with E-state index in [4.69, 9.17) is 19.9 Å². The molecule has 0 saturated carbocycles. The lowest BCUT2D eigenvalue weighted by atomic mass is 10.2. The summed E-state index contributed by atoms with van der Waals surface area (Å²) in [4.78, 5) is 10.2. The number of anilines is 1. The van der Waals surface area contributed by atoms with Crippen LogP contribution in [0.2, 0.25) is 0 Å². The normalized spacial score (nSPS) is 12.4. The smallest absolute Gasteiger partial charge is 0.330 e. The number of methoxy groups -OCH3 is 1. The molecular formula is C12H12N4O5. The zero-order valence-corrected chi connectivity index (χ0v) is 11.1. The molecule has 2 heterocycles. The molecule has 110 valence electrons. The van der Waals surface area contributed by atoms with Crippen molar-refractivity contribution in [2.24, 2.45) is 0 Å². The Morgan fingerprint density at radius 1 is 1.52 bits per heavy atom. The Morgan fingerprint density at radius 2 is 2.33 bits per heavy atom. The minimum Gasteiger partial charge on any atom is -0.493 e. The molecule has 1 aromatic carbocycles. The summed E-state index contributed by atoms with van der Waals surface area (Å²) in [6, 6.07) is 3.51. The van der Waals surface area contributed by atoms with Crippen molar-refractivity contribution in [3.05, 3.63) is 34.0 Å². The average molecular weight is 292 g/mol. The molecule has 3 rings (SSSR count). The van der Waals surface area contributed by atoms with Gasteiger partial charge in [0.1, 0.15) is 6.20 Å². The van der Waals surface area contributed by atoms with Gasteiger partial charge in [-0.3, -0.25) is 10.1 Å². The zero-order chi connectivity index (χ0) is 15.0. The van der Waals surface area contributed by atoms with Crippen molar-refractivity contribution in [2.45, 2.75) is 6.54 Å². The summed E-state index contributed by atoms with van der Waals surface area (Å²) < 4.78 is 17.2. The number of nitrogen functional groups attached to an aromatic ring is 1. The lowest BCUT2D eigenvalue weighted by Crippen LogP contribution is -2.07. The largest absolute Gasteiger partial charge is 0.493 e. The zero-order valence-electron chi connectivity index (χ0n) is 11.1. The predicted octanol–water partition coefficient (Wildman–Crippen LogP) is 1.16. The molecule has 0 unspecified atom stereocenters. The fourth-order valence-electron chi connectivity index (χ4n) is 2.10. The Labute approximate surface area is 119 Å². The Bertz CT molecular complexity index is 712. The molecule has 9 heteroatoms. The van der Waals surface area contributed by atoms with Gasteiger partial charge in [0, 0.05) is 0 Å². The Hall–Kier alpha value is -2.97. The molecule has 1 aromatic heterocycles. The lowest BCUT2D eigenvalue weighted by molar-refractivity contribution is -0.384. The first-order chi connectivity index (χ1) is 10.1. The van der Waals surface area contributed by atoms with E-state index in [1.807, 2.05) is 0 Å². The second-order valence-corrected chi connectivity index (χ2v) is 4.36. The first-order valence-electron chi connectivity index (χ1n) is 6.02.